The summed E-state index contributed by atoms with van der Waals surface area (Å²) in [5.41, 5.74) is 7.81. The second-order valence-corrected chi connectivity index (χ2v) is 5.70. The van der Waals surface area contributed by atoms with Crippen LogP contribution in [0, 0.1) is 11.8 Å². The third-order valence-corrected chi connectivity index (χ3v) is 4.05. The Hall–Kier alpha value is -1.52. The molecule has 4 N–H and O–H groups in total. The number of amides is 1. The molecule has 98 valence electrons. The number of nitrogens with one attached hydrogen (secondary N) is 2. The molecule has 0 spiro atoms. The summed E-state index contributed by atoms with van der Waals surface area (Å²) in [6.45, 7) is 2.90. The van der Waals surface area contributed by atoms with Crippen molar-refractivity contribution in [1.29, 1.82) is 0 Å². The topological polar surface area (TPSA) is 83.8 Å². The smallest absolute Gasteiger partial charge is 0.273 e. The Morgan fingerprint density at radius 1 is 1.50 bits per heavy atom. The first kappa shape index (κ1) is 11.6. The van der Waals surface area contributed by atoms with E-state index in [4.69, 9.17) is 5.73 Å². The van der Waals surface area contributed by atoms with Crippen molar-refractivity contribution in [3.63, 3.8) is 0 Å². The second-order valence-electron chi connectivity index (χ2n) is 5.70. The van der Waals surface area contributed by atoms with Gasteiger partial charge < -0.3 is 11.1 Å². The lowest BCUT2D eigenvalue weighted by molar-refractivity contribution is 0.0942. The molecule has 1 aromatic rings. The standard InChI is InChI=1S/C13H20N4O/c1-7(8-2-3-8)6-15-13(18)12-10(14)11(16-17-12)9-4-5-9/h7-9H,2-6,14H2,1H3,(H,15,18)(H,16,17). The van der Waals surface area contributed by atoms with Crippen LogP contribution in [-0.2, 0) is 0 Å². The summed E-state index contributed by atoms with van der Waals surface area (Å²) in [4.78, 5) is 12.0. The highest BCUT2D eigenvalue weighted by molar-refractivity contribution is 5.97. The second kappa shape index (κ2) is 4.30. The molecule has 2 saturated carbocycles. The van der Waals surface area contributed by atoms with E-state index in [-0.39, 0.29) is 5.91 Å². The number of carbonyl (C=O) groups excluding carboxylic acids is 1. The lowest BCUT2D eigenvalue weighted by Crippen LogP contribution is -2.29. The third-order valence-electron chi connectivity index (χ3n) is 4.05. The van der Waals surface area contributed by atoms with Gasteiger partial charge in [-0.05, 0) is 37.5 Å². The number of carbonyl (C=O) groups is 1. The predicted molar refractivity (Wildman–Crippen MR) is 69.2 cm³/mol. The molecule has 3 rings (SSSR count). The van der Waals surface area contributed by atoms with Crippen LogP contribution >= 0.6 is 0 Å². The van der Waals surface area contributed by atoms with Gasteiger partial charge >= 0.3 is 0 Å². The molecule has 1 unspecified atom stereocenters. The molecular formula is C13H20N4O. The summed E-state index contributed by atoms with van der Waals surface area (Å²) in [6, 6.07) is 0. The SMILES string of the molecule is CC(CNC(=O)c1n[nH]c(C2CC2)c1N)C1CC1. The summed E-state index contributed by atoms with van der Waals surface area (Å²) in [5, 5.41) is 9.89. The summed E-state index contributed by atoms with van der Waals surface area (Å²) in [6.07, 6.45) is 4.89. The number of aromatic nitrogens is 2. The summed E-state index contributed by atoms with van der Waals surface area (Å²) in [7, 11) is 0. The number of nitrogens with zero attached hydrogens (tertiary/aromatic N) is 1. The zero-order valence-electron chi connectivity index (χ0n) is 10.7. The average Bonchev–Trinajstić information content (AvgIpc) is 3.24. The molecule has 0 bridgehead atoms. The Labute approximate surface area is 107 Å². The number of H-pyrrole nitrogens is 1. The lowest BCUT2D eigenvalue weighted by atomic mass is 10.1. The number of rotatable bonds is 5. The van der Waals surface area contributed by atoms with E-state index in [0.717, 1.165) is 24.5 Å². The maximum Gasteiger partial charge on any atom is 0.273 e. The largest absolute Gasteiger partial charge is 0.395 e. The molecular weight excluding hydrogens is 228 g/mol. The minimum atomic E-state index is -0.150. The molecule has 1 heterocycles. The Morgan fingerprint density at radius 3 is 2.83 bits per heavy atom. The molecule has 2 aliphatic carbocycles. The van der Waals surface area contributed by atoms with Crippen LogP contribution in [0.1, 0.15) is 54.7 Å². The van der Waals surface area contributed by atoms with Crippen molar-refractivity contribution in [3.8, 4) is 0 Å². The van der Waals surface area contributed by atoms with Crippen molar-refractivity contribution in [2.45, 2.75) is 38.5 Å². The number of aromatic amines is 1. The highest BCUT2D eigenvalue weighted by atomic mass is 16.1. The molecule has 0 aromatic carbocycles. The van der Waals surface area contributed by atoms with Crippen molar-refractivity contribution in [3.05, 3.63) is 11.4 Å². The van der Waals surface area contributed by atoms with E-state index in [1.165, 1.54) is 12.8 Å². The van der Waals surface area contributed by atoms with Gasteiger partial charge in [0.25, 0.3) is 5.91 Å². The summed E-state index contributed by atoms with van der Waals surface area (Å²) >= 11 is 0. The Bertz CT molecular complexity index is 460. The molecule has 5 nitrogen and oxygen atoms in total. The molecule has 18 heavy (non-hydrogen) atoms. The van der Waals surface area contributed by atoms with Gasteiger partial charge in [0.1, 0.15) is 0 Å². The van der Waals surface area contributed by atoms with Crippen LogP contribution in [0.3, 0.4) is 0 Å². The molecule has 2 fully saturated rings. The minimum absolute atomic E-state index is 0.150. The quantitative estimate of drug-likeness (QED) is 0.740. The zero-order valence-corrected chi connectivity index (χ0v) is 10.7. The van der Waals surface area contributed by atoms with Gasteiger partial charge in [0.15, 0.2) is 5.69 Å². The van der Waals surface area contributed by atoms with Gasteiger partial charge in [0.05, 0.1) is 11.4 Å². The highest BCUT2D eigenvalue weighted by Crippen LogP contribution is 2.42. The first-order chi connectivity index (χ1) is 8.66. The summed E-state index contributed by atoms with van der Waals surface area (Å²) < 4.78 is 0. The first-order valence-electron chi connectivity index (χ1n) is 6.78. The Kier molecular flexibility index (Phi) is 2.76. The number of hydrogen-bond donors (Lipinski definition) is 3. The average molecular weight is 248 g/mol. The van der Waals surface area contributed by atoms with E-state index in [1.54, 1.807) is 0 Å². The van der Waals surface area contributed by atoms with Gasteiger partial charge in [-0.2, -0.15) is 5.10 Å². The molecule has 1 amide bonds. The van der Waals surface area contributed by atoms with Gasteiger partial charge in [-0.25, -0.2) is 0 Å². The van der Waals surface area contributed by atoms with E-state index in [0.29, 0.717) is 29.8 Å². The van der Waals surface area contributed by atoms with Crippen molar-refractivity contribution < 1.29 is 4.79 Å². The maximum absolute atomic E-state index is 12.0. The van der Waals surface area contributed by atoms with Crippen LogP contribution in [0.2, 0.25) is 0 Å². The first-order valence-corrected chi connectivity index (χ1v) is 6.78. The van der Waals surface area contributed by atoms with Crippen molar-refractivity contribution in [2.75, 3.05) is 12.3 Å². The van der Waals surface area contributed by atoms with Gasteiger partial charge in [-0.1, -0.05) is 6.92 Å². The maximum atomic E-state index is 12.0. The van der Waals surface area contributed by atoms with Crippen LogP contribution in [-0.4, -0.2) is 22.6 Å². The van der Waals surface area contributed by atoms with Crippen LogP contribution < -0.4 is 11.1 Å². The molecule has 2 aliphatic rings. The molecule has 5 heteroatoms. The van der Waals surface area contributed by atoms with Crippen LogP contribution in [0.4, 0.5) is 5.69 Å². The Balaban J connectivity index is 1.60. The van der Waals surface area contributed by atoms with Gasteiger partial charge in [-0.3, -0.25) is 9.89 Å². The van der Waals surface area contributed by atoms with E-state index in [9.17, 15) is 4.79 Å². The third kappa shape index (κ3) is 2.21. The fraction of sp³-hybridized carbons (Fsp3) is 0.692. The minimum Gasteiger partial charge on any atom is -0.395 e. The van der Waals surface area contributed by atoms with E-state index in [2.05, 4.69) is 22.4 Å². The molecule has 1 aromatic heterocycles. The number of nitrogen functional groups attached to an aromatic ring is 1. The summed E-state index contributed by atoms with van der Waals surface area (Å²) in [5.74, 6) is 1.69. The van der Waals surface area contributed by atoms with E-state index >= 15 is 0 Å². The molecule has 0 radical (unpaired) electrons. The van der Waals surface area contributed by atoms with Crippen molar-refractivity contribution >= 4 is 11.6 Å². The zero-order chi connectivity index (χ0) is 12.7. The number of anilines is 1. The van der Waals surface area contributed by atoms with E-state index in [1.807, 2.05) is 0 Å². The monoisotopic (exact) mass is 248 g/mol. The predicted octanol–water partition coefficient (Wildman–Crippen LogP) is 1.65. The van der Waals surface area contributed by atoms with Gasteiger partial charge in [0.2, 0.25) is 0 Å². The van der Waals surface area contributed by atoms with E-state index < -0.39 is 0 Å². The number of hydrogen-bond acceptors (Lipinski definition) is 3. The number of nitrogens with two attached hydrogens (primary N) is 1. The fourth-order valence-electron chi connectivity index (χ4n) is 2.39. The highest BCUT2D eigenvalue weighted by Gasteiger charge is 2.31. The van der Waals surface area contributed by atoms with Crippen molar-refractivity contribution in [2.24, 2.45) is 11.8 Å². The van der Waals surface area contributed by atoms with Gasteiger partial charge in [-0.15, -0.1) is 0 Å². The molecule has 0 saturated heterocycles. The van der Waals surface area contributed by atoms with Crippen molar-refractivity contribution in [1.82, 2.24) is 15.5 Å². The lowest BCUT2D eigenvalue weighted by Gasteiger charge is -2.10. The Morgan fingerprint density at radius 2 is 2.22 bits per heavy atom. The van der Waals surface area contributed by atoms with Crippen LogP contribution in [0.5, 0.6) is 0 Å². The molecule has 1 atom stereocenters. The van der Waals surface area contributed by atoms with Crippen LogP contribution in [0.15, 0.2) is 0 Å². The normalized spacial score (nSPS) is 20.7. The fourth-order valence-corrected chi connectivity index (χ4v) is 2.39. The molecule has 0 aliphatic heterocycles. The van der Waals surface area contributed by atoms with Crippen LogP contribution in [0.25, 0.3) is 0 Å². The van der Waals surface area contributed by atoms with Gasteiger partial charge in [0, 0.05) is 12.5 Å².